The first-order valence-electron chi connectivity index (χ1n) is 4.76. The summed E-state index contributed by atoms with van der Waals surface area (Å²) in [6, 6.07) is 0. The van der Waals surface area contributed by atoms with Gasteiger partial charge in [0, 0.05) is 6.61 Å². The van der Waals surface area contributed by atoms with Crippen molar-refractivity contribution in [3.8, 4) is 0 Å². The third kappa shape index (κ3) is 5.99. The van der Waals surface area contributed by atoms with Crippen molar-refractivity contribution < 1.29 is 15.3 Å². The maximum absolute atomic E-state index is 8.93. The molecule has 0 aromatic rings. The number of aliphatic hydroxyl groups is 3. The lowest BCUT2D eigenvalue weighted by Crippen LogP contribution is -2.49. The largest absolute Gasteiger partial charge is 0.396 e. The van der Waals surface area contributed by atoms with E-state index in [9.17, 15) is 0 Å². The van der Waals surface area contributed by atoms with E-state index < -0.39 is 5.54 Å². The summed E-state index contributed by atoms with van der Waals surface area (Å²) in [6.45, 7) is 2.64. The fraction of sp³-hybridized carbons (Fsp3) is 1.00. The highest BCUT2D eigenvalue weighted by Crippen LogP contribution is 2.01. The van der Waals surface area contributed by atoms with Crippen LogP contribution in [-0.2, 0) is 0 Å². The molecule has 0 aliphatic carbocycles. The van der Waals surface area contributed by atoms with Crippen molar-refractivity contribution in [2.24, 2.45) is 0 Å². The van der Waals surface area contributed by atoms with E-state index >= 15 is 0 Å². The quantitative estimate of drug-likeness (QED) is 0.390. The zero-order valence-corrected chi connectivity index (χ0v) is 8.29. The van der Waals surface area contributed by atoms with Crippen LogP contribution >= 0.6 is 0 Å². The lowest BCUT2D eigenvalue weighted by Gasteiger charge is -2.26. The maximum Gasteiger partial charge on any atom is 0.0633 e. The van der Waals surface area contributed by atoms with Gasteiger partial charge in [0.05, 0.1) is 18.8 Å². The first kappa shape index (κ1) is 12.8. The topological polar surface area (TPSA) is 72.7 Å². The van der Waals surface area contributed by atoms with Crippen molar-refractivity contribution in [1.82, 2.24) is 5.32 Å². The summed E-state index contributed by atoms with van der Waals surface area (Å²) >= 11 is 0. The summed E-state index contributed by atoms with van der Waals surface area (Å²) in [4.78, 5) is 0. The highest BCUT2D eigenvalue weighted by atomic mass is 16.3. The van der Waals surface area contributed by atoms with E-state index in [0.717, 1.165) is 25.8 Å². The van der Waals surface area contributed by atoms with Crippen LogP contribution in [0.2, 0.25) is 0 Å². The van der Waals surface area contributed by atoms with Crippen molar-refractivity contribution in [1.29, 1.82) is 0 Å². The van der Waals surface area contributed by atoms with E-state index in [1.54, 1.807) is 6.92 Å². The highest BCUT2D eigenvalue weighted by Gasteiger charge is 2.20. The van der Waals surface area contributed by atoms with E-state index in [4.69, 9.17) is 15.3 Å². The SMILES string of the molecule is CC(CO)(CO)NCCCCCO. The highest BCUT2D eigenvalue weighted by molar-refractivity contribution is 4.80. The molecule has 0 fully saturated rings. The van der Waals surface area contributed by atoms with E-state index in [2.05, 4.69) is 5.32 Å². The van der Waals surface area contributed by atoms with Crippen LogP contribution in [0.25, 0.3) is 0 Å². The fourth-order valence-corrected chi connectivity index (χ4v) is 0.966. The van der Waals surface area contributed by atoms with Crippen molar-refractivity contribution in [2.45, 2.75) is 31.7 Å². The Hall–Kier alpha value is -0.160. The van der Waals surface area contributed by atoms with Gasteiger partial charge >= 0.3 is 0 Å². The Morgan fingerprint density at radius 3 is 2.08 bits per heavy atom. The number of hydrogen-bond donors (Lipinski definition) is 4. The lowest BCUT2D eigenvalue weighted by molar-refractivity contribution is 0.104. The normalized spacial score (nSPS) is 12.0. The molecule has 13 heavy (non-hydrogen) atoms. The van der Waals surface area contributed by atoms with Crippen LogP contribution in [0.3, 0.4) is 0 Å². The molecule has 0 spiro atoms. The molecule has 0 amide bonds. The Kier molecular flexibility index (Phi) is 7.17. The Balaban J connectivity index is 3.39. The molecule has 0 unspecified atom stereocenters. The molecular weight excluding hydrogens is 170 g/mol. The van der Waals surface area contributed by atoms with Gasteiger partial charge in [-0.1, -0.05) is 0 Å². The molecule has 0 rings (SSSR count). The third-order valence-corrected chi connectivity index (χ3v) is 2.08. The average Bonchev–Trinajstić information content (AvgIpc) is 2.17. The minimum absolute atomic E-state index is 0.0660. The van der Waals surface area contributed by atoms with Crippen molar-refractivity contribution in [3.05, 3.63) is 0 Å². The molecule has 4 nitrogen and oxygen atoms in total. The van der Waals surface area contributed by atoms with Gasteiger partial charge in [-0.25, -0.2) is 0 Å². The van der Waals surface area contributed by atoms with Gasteiger partial charge in [0.1, 0.15) is 0 Å². The summed E-state index contributed by atoms with van der Waals surface area (Å²) in [5.74, 6) is 0. The summed E-state index contributed by atoms with van der Waals surface area (Å²) in [5.41, 5.74) is -0.570. The second kappa shape index (κ2) is 7.26. The summed E-state index contributed by atoms with van der Waals surface area (Å²) in [5, 5.41) is 29.4. The predicted molar refractivity (Wildman–Crippen MR) is 51.5 cm³/mol. The average molecular weight is 191 g/mol. The van der Waals surface area contributed by atoms with Gasteiger partial charge in [0.25, 0.3) is 0 Å². The minimum Gasteiger partial charge on any atom is -0.396 e. The van der Waals surface area contributed by atoms with Crippen LogP contribution in [-0.4, -0.2) is 47.2 Å². The van der Waals surface area contributed by atoms with E-state index in [1.807, 2.05) is 0 Å². The van der Waals surface area contributed by atoms with Crippen LogP contribution in [0.4, 0.5) is 0 Å². The molecule has 0 radical (unpaired) electrons. The number of hydrogen-bond acceptors (Lipinski definition) is 4. The fourth-order valence-electron chi connectivity index (χ4n) is 0.966. The molecule has 4 heteroatoms. The molecule has 0 saturated carbocycles. The van der Waals surface area contributed by atoms with Crippen molar-refractivity contribution >= 4 is 0 Å². The molecule has 0 heterocycles. The maximum atomic E-state index is 8.93. The smallest absolute Gasteiger partial charge is 0.0633 e. The molecule has 0 aliphatic rings. The monoisotopic (exact) mass is 191 g/mol. The zero-order valence-electron chi connectivity index (χ0n) is 8.29. The molecule has 0 atom stereocenters. The second-order valence-electron chi connectivity index (χ2n) is 3.59. The van der Waals surface area contributed by atoms with Crippen LogP contribution in [0.15, 0.2) is 0 Å². The van der Waals surface area contributed by atoms with Crippen molar-refractivity contribution in [3.63, 3.8) is 0 Å². The third-order valence-electron chi connectivity index (χ3n) is 2.08. The van der Waals surface area contributed by atoms with Gasteiger partial charge in [-0.2, -0.15) is 0 Å². The molecule has 80 valence electrons. The van der Waals surface area contributed by atoms with E-state index in [-0.39, 0.29) is 19.8 Å². The van der Waals surface area contributed by atoms with E-state index in [0.29, 0.717) is 0 Å². The van der Waals surface area contributed by atoms with E-state index in [1.165, 1.54) is 0 Å². The molecular formula is C9H21NO3. The van der Waals surface area contributed by atoms with Gasteiger partial charge in [-0.3, -0.25) is 0 Å². The predicted octanol–water partition coefficient (Wildman–Crippen LogP) is -0.518. The summed E-state index contributed by atoms with van der Waals surface area (Å²) in [6.07, 6.45) is 2.74. The Morgan fingerprint density at radius 2 is 1.62 bits per heavy atom. The van der Waals surface area contributed by atoms with Gasteiger partial charge in [0.15, 0.2) is 0 Å². The molecule has 0 bridgehead atoms. The van der Waals surface area contributed by atoms with Crippen LogP contribution in [0.5, 0.6) is 0 Å². The van der Waals surface area contributed by atoms with Crippen molar-refractivity contribution in [2.75, 3.05) is 26.4 Å². The van der Waals surface area contributed by atoms with Crippen LogP contribution < -0.4 is 5.32 Å². The minimum atomic E-state index is -0.570. The number of rotatable bonds is 8. The first-order valence-corrected chi connectivity index (χ1v) is 4.76. The molecule has 0 saturated heterocycles. The molecule has 0 aromatic heterocycles. The summed E-state index contributed by atoms with van der Waals surface area (Å²) < 4.78 is 0. The molecule has 0 aliphatic heterocycles. The van der Waals surface area contributed by atoms with Gasteiger partial charge < -0.3 is 20.6 Å². The number of nitrogens with one attached hydrogen (secondary N) is 1. The number of aliphatic hydroxyl groups excluding tert-OH is 3. The zero-order chi connectivity index (χ0) is 10.2. The Morgan fingerprint density at radius 1 is 1.00 bits per heavy atom. The second-order valence-corrected chi connectivity index (χ2v) is 3.59. The first-order chi connectivity index (χ1) is 6.18. The Bertz CT molecular complexity index is 115. The van der Waals surface area contributed by atoms with Crippen LogP contribution in [0.1, 0.15) is 26.2 Å². The standard InChI is InChI=1S/C9H21NO3/c1-9(7-12,8-13)10-5-3-2-4-6-11/h10-13H,2-8H2,1H3. The van der Waals surface area contributed by atoms with Gasteiger partial charge in [-0.15, -0.1) is 0 Å². The molecule has 0 aromatic carbocycles. The summed E-state index contributed by atoms with van der Waals surface area (Å²) in [7, 11) is 0. The van der Waals surface area contributed by atoms with Crippen LogP contribution in [0, 0.1) is 0 Å². The lowest BCUT2D eigenvalue weighted by atomic mass is 10.1. The van der Waals surface area contributed by atoms with Gasteiger partial charge in [-0.05, 0) is 32.7 Å². The Labute approximate surface area is 79.6 Å². The van der Waals surface area contributed by atoms with Gasteiger partial charge in [0.2, 0.25) is 0 Å². The molecule has 4 N–H and O–H groups in total. The number of unbranched alkanes of at least 4 members (excludes halogenated alkanes) is 2.